The summed E-state index contributed by atoms with van der Waals surface area (Å²) in [6.45, 7) is 3.48. The van der Waals surface area contributed by atoms with E-state index in [0.29, 0.717) is 5.69 Å². The van der Waals surface area contributed by atoms with E-state index in [9.17, 15) is 24.0 Å². The molecule has 1 aromatic carbocycles. The highest BCUT2D eigenvalue weighted by Gasteiger charge is 2.18. The summed E-state index contributed by atoms with van der Waals surface area (Å²) in [5.74, 6) is -1.50. The van der Waals surface area contributed by atoms with E-state index in [0.717, 1.165) is 18.3 Å². The van der Waals surface area contributed by atoms with E-state index < -0.39 is 23.1 Å². The number of hydrogen-bond acceptors (Lipinski definition) is 6. The van der Waals surface area contributed by atoms with Crippen LogP contribution in [0.5, 0.6) is 0 Å². The molecule has 0 aliphatic carbocycles. The van der Waals surface area contributed by atoms with E-state index in [1.54, 1.807) is 32.4 Å². The van der Waals surface area contributed by atoms with Gasteiger partial charge in [-0.15, -0.1) is 0 Å². The van der Waals surface area contributed by atoms with Crippen molar-refractivity contribution in [1.82, 2.24) is 15.5 Å². The molecule has 9 nitrogen and oxygen atoms in total. The van der Waals surface area contributed by atoms with Gasteiger partial charge in [-0.05, 0) is 37.3 Å². The minimum atomic E-state index is -0.781. The molecule has 0 saturated carbocycles. The van der Waals surface area contributed by atoms with Crippen molar-refractivity contribution < 1.29 is 24.0 Å². The lowest BCUT2D eigenvalue weighted by Gasteiger charge is -2.18. The second-order valence-electron chi connectivity index (χ2n) is 7.29. The van der Waals surface area contributed by atoms with Gasteiger partial charge in [0.25, 0.3) is 0 Å². The summed E-state index contributed by atoms with van der Waals surface area (Å²) >= 11 is 1.29. The zero-order chi connectivity index (χ0) is 24.1. The molecule has 0 aliphatic heterocycles. The number of amides is 4. The predicted octanol–water partition coefficient (Wildman–Crippen LogP) is 0.978. The van der Waals surface area contributed by atoms with Crippen LogP contribution in [0.3, 0.4) is 0 Å². The Bertz CT molecular complexity index is 800. The molecule has 3 N–H and O–H groups in total. The molecule has 1 aromatic rings. The van der Waals surface area contributed by atoms with Crippen LogP contribution in [0.15, 0.2) is 24.3 Å². The van der Waals surface area contributed by atoms with Crippen molar-refractivity contribution in [3.63, 3.8) is 0 Å². The first-order chi connectivity index (χ1) is 15.2. The predicted molar refractivity (Wildman–Crippen MR) is 125 cm³/mol. The molecule has 0 radical (unpaired) electrons. The van der Waals surface area contributed by atoms with Crippen molar-refractivity contribution in [2.24, 2.45) is 0 Å². The number of nitrogens with one attached hydrogen (secondary N) is 3. The van der Waals surface area contributed by atoms with Gasteiger partial charge in [0.1, 0.15) is 12.3 Å². The molecule has 32 heavy (non-hydrogen) atoms. The van der Waals surface area contributed by atoms with Crippen LogP contribution >= 0.6 is 11.8 Å². The molecule has 1 rings (SSSR count). The Balaban J connectivity index is 2.33. The number of benzene rings is 1. The first kappa shape index (κ1) is 27.2. The maximum absolute atomic E-state index is 12.2. The van der Waals surface area contributed by atoms with Crippen molar-refractivity contribution in [3.8, 4) is 0 Å². The summed E-state index contributed by atoms with van der Waals surface area (Å²) in [5.41, 5.74) is 1.79. The van der Waals surface area contributed by atoms with E-state index in [4.69, 9.17) is 0 Å². The molecule has 2 atom stereocenters. The molecule has 0 aromatic heterocycles. The molecule has 10 heteroatoms. The van der Waals surface area contributed by atoms with Gasteiger partial charge in [0, 0.05) is 32.1 Å². The van der Waals surface area contributed by atoms with Crippen molar-refractivity contribution in [2.45, 2.75) is 44.4 Å². The second kappa shape index (κ2) is 14.2. The number of carbonyl (C=O) groups is 5. The highest BCUT2D eigenvalue weighted by atomic mass is 32.2. The molecule has 4 amide bonds. The average Bonchev–Trinajstić information content (AvgIpc) is 2.79. The molecule has 176 valence electrons. The maximum Gasteiger partial charge on any atom is 0.246 e. The Hall–Kier alpha value is -2.88. The number of nitrogens with zero attached hydrogens (tertiary/aromatic N) is 1. The Morgan fingerprint density at radius 2 is 1.78 bits per heavy atom. The number of rotatable bonds is 13. The molecule has 0 fully saturated rings. The lowest BCUT2D eigenvalue weighted by atomic mass is 10.1. The Morgan fingerprint density at radius 3 is 2.34 bits per heavy atom. The number of anilines is 1. The van der Waals surface area contributed by atoms with E-state index in [1.165, 1.54) is 16.7 Å². The minimum Gasteiger partial charge on any atom is -0.347 e. The molecule has 0 spiro atoms. The lowest BCUT2D eigenvalue weighted by molar-refractivity contribution is -0.132. The van der Waals surface area contributed by atoms with Gasteiger partial charge >= 0.3 is 0 Å². The number of aryl methyl sites for hydroxylation is 1. The molecule has 2 unspecified atom stereocenters. The van der Waals surface area contributed by atoms with Crippen molar-refractivity contribution >= 4 is 47.4 Å². The number of hydrogen-bond donors (Lipinski definition) is 3. The van der Waals surface area contributed by atoms with Gasteiger partial charge in [0.15, 0.2) is 0 Å². The summed E-state index contributed by atoms with van der Waals surface area (Å²) in [7, 11) is 1.56. The van der Waals surface area contributed by atoms with Crippen molar-refractivity contribution in [3.05, 3.63) is 29.8 Å². The summed E-state index contributed by atoms with van der Waals surface area (Å²) in [6, 6.07) is 6.66. The van der Waals surface area contributed by atoms with E-state index >= 15 is 0 Å². The minimum absolute atomic E-state index is 0.0182. The first-order valence-corrected chi connectivity index (χ1v) is 11.7. The SMILES string of the molecule is CCc1ccc(NC(=O)C(C)NC(=O)CNC(=O)CCN(C)C(=O)CC(C=O)SC)cc1. The van der Waals surface area contributed by atoms with Crippen LogP contribution in [0, 0.1) is 0 Å². The van der Waals surface area contributed by atoms with Crippen LogP contribution < -0.4 is 16.0 Å². The van der Waals surface area contributed by atoms with E-state index in [2.05, 4.69) is 16.0 Å². The van der Waals surface area contributed by atoms with Gasteiger partial charge in [-0.25, -0.2) is 0 Å². The maximum atomic E-state index is 12.2. The molecule has 0 bridgehead atoms. The van der Waals surface area contributed by atoms with Gasteiger partial charge in [0.05, 0.1) is 11.8 Å². The summed E-state index contributed by atoms with van der Waals surface area (Å²) in [5, 5.41) is 7.32. The third kappa shape index (κ3) is 9.95. The van der Waals surface area contributed by atoms with Gasteiger partial charge in [0.2, 0.25) is 23.6 Å². The Kier molecular flexibility index (Phi) is 12.1. The monoisotopic (exact) mass is 464 g/mol. The van der Waals surface area contributed by atoms with Gasteiger partial charge in [-0.3, -0.25) is 19.2 Å². The smallest absolute Gasteiger partial charge is 0.246 e. The van der Waals surface area contributed by atoms with Crippen LogP contribution in [0.1, 0.15) is 32.3 Å². The highest BCUT2D eigenvalue weighted by molar-refractivity contribution is 7.99. The molecule has 0 aliphatic rings. The normalized spacial score (nSPS) is 12.2. The Labute approximate surface area is 193 Å². The van der Waals surface area contributed by atoms with Crippen LogP contribution in [0.25, 0.3) is 0 Å². The van der Waals surface area contributed by atoms with Crippen LogP contribution in [-0.4, -0.2) is 72.5 Å². The van der Waals surface area contributed by atoms with Crippen LogP contribution in [0.4, 0.5) is 5.69 Å². The quantitative estimate of drug-likeness (QED) is 0.374. The third-order valence-electron chi connectivity index (χ3n) is 4.78. The number of carbonyl (C=O) groups excluding carboxylic acids is 5. The van der Waals surface area contributed by atoms with E-state index in [-0.39, 0.29) is 37.7 Å². The zero-order valence-corrected chi connectivity index (χ0v) is 19.8. The number of aldehydes is 1. The highest BCUT2D eigenvalue weighted by Crippen LogP contribution is 2.11. The fourth-order valence-electron chi connectivity index (χ4n) is 2.61. The largest absolute Gasteiger partial charge is 0.347 e. The fourth-order valence-corrected chi connectivity index (χ4v) is 3.03. The fraction of sp³-hybridized carbons (Fsp3) is 0.500. The third-order valence-corrected chi connectivity index (χ3v) is 5.66. The van der Waals surface area contributed by atoms with Crippen LogP contribution in [-0.2, 0) is 30.4 Å². The van der Waals surface area contributed by atoms with Gasteiger partial charge in [-0.2, -0.15) is 11.8 Å². The molecule has 0 saturated heterocycles. The van der Waals surface area contributed by atoms with E-state index in [1.807, 2.05) is 19.1 Å². The summed E-state index contributed by atoms with van der Waals surface area (Å²) in [4.78, 5) is 60.4. The topological polar surface area (TPSA) is 125 Å². The average molecular weight is 465 g/mol. The second-order valence-corrected chi connectivity index (χ2v) is 8.36. The molecular weight excluding hydrogens is 432 g/mol. The first-order valence-electron chi connectivity index (χ1n) is 10.4. The van der Waals surface area contributed by atoms with Gasteiger partial charge in [-0.1, -0.05) is 19.1 Å². The summed E-state index contributed by atoms with van der Waals surface area (Å²) in [6.07, 6.45) is 3.47. The standard InChI is InChI=1S/C22H32N4O5S/c1-5-16-6-8-17(9-7-16)25-22(31)15(2)24-20(29)13-23-19(28)10-11-26(3)21(30)12-18(14-27)32-4/h6-9,14-15,18H,5,10-13H2,1-4H3,(H,23,28)(H,24,29)(H,25,31). The van der Waals surface area contributed by atoms with Crippen LogP contribution in [0.2, 0.25) is 0 Å². The van der Waals surface area contributed by atoms with Crippen molar-refractivity contribution in [2.75, 3.05) is 31.7 Å². The van der Waals surface area contributed by atoms with Gasteiger partial charge < -0.3 is 25.6 Å². The molecular formula is C22H32N4O5S. The molecule has 0 heterocycles. The van der Waals surface area contributed by atoms with Crippen molar-refractivity contribution in [1.29, 1.82) is 0 Å². The number of thioether (sulfide) groups is 1. The lowest BCUT2D eigenvalue weighted by Crippen LogP contribution is -2.46. The Morgan fingerprint density at radius 1 is 1.12 bits per heavy atom. The zero-order valence-electron chi connectivity index (χ0n) is 19.0. The summed E-state index contributed by atoms with van der Waals surface area (Å²) < 4.78 is 0.